The van der Waals surface area contributed by atoms with Crippen molar-refractivity contribution in [1.29, 1.82) is 0 Å². The molecule has 0 spiro atoms. The first-order valence-corrected chi connectivity index (χ1v) is 6.78. The molecule has 2 rings (SSSR count). The molecular weight excluding hydrogens is 226 g/mol. The zero-order chi connectivity index (χ0) is 13.1. The van der Waals surface area contributed by atoms with E-state index in [0.717, 1.165) is 18.4 Å². The van der Waals surface area contributed by atoms with Crippen LogP contribution in [0.4, 0.5) is 0 Å². The van der Waals surface area contributed by atoms with Crippen molar-refractivity contribution >= 4 is 0 Å². The van der Waals surface area contributed by atoms with E-state index in [1.807, 2.05) is 12.1 Å². The zero-order valence-corrected chi connectivity index (χ0v) is 11.5. The molecule has 3 heteroatoms. The minimum absolute atomic E-state index is 0.321. The molecular formula is C15H23NO2. The van der Waals surface area contributed by atoms with Gasteiger partial charge in [-0.25, -0.2) is 4.98 Å². The number of hydrogen-bond acceptors (Lipinski definition) is 3. The van der Waals surface area contributed by atoms with Crippen LogP contribution in [0.1, 0.15) is 44.8 Å². The quantitative estimate of drug-likeness (QED) is 0.894. The second kappa shape index (κ2) is 5.70. The Balaban J connectivity index is 2.17. The van der Waals surface area contributed by atoms with E-state index in [9.17, 15) is 5.11 Å². The molecule has 1 aromatic heterocycles. The van der Waals surface area contributed by atoms with Gasteiger partial charge in [0.05, 0.1) is 13.2 Å². The van der Waals surface area contributed by atoms with E-state index in [2.05, 4.69) is 18.8 Å². The molecule has 0 aliphatic heterocycles. The molecule has 1 saturated carbocycles. The van der Waals surface area contributed by atoms with E-state index in [-0.39, 0.29) is 0 Å². The number of pyridine rings is 1. The summed E-state index contributed by atoms with van der Waals surface area (Å²) in [6, 6.07) is 3.77. The Bertz CT molecular complexity index is 384. The van der Waals surface area contributed by atoms with Crippen molar-refractivity contribution in [3.63, 3.8) is 0 Å². The van der Waals surface area contributed by atoms with Gasteiger partial charge in [0, 0.05) is 11.8 Å². The fraction of sp³-hybridized carbons (Fsp3) is 0.667. The molecule has 0 aromatic carbocycles. The number of ether oxygens (including phenoxy) is 1. The average molecular weight is 249 g/mol. The van der Waals surface area contributed by atoms with Gasteiger partial charge in [0.25, 0.3) is 0 Å². The third kappa shape index (κ3) is 2.83. The molecule has 18 heavy (non-hydrogen) atoms. The largest absolute Gasteiger partial charge is 0.481 e. The lowest BCUT2D eigenvalue weighted by molar-refractivity contribution is 0.0530. The lowest BCUT2D eigenvalue weighted by atomic mass is 9.73. The van der Waals surface area contributed by atoms with Crippen molar-refractivity contribution in [2.75, 3.05) is 7.11 Å². The Morgan fingerprint density at radius 2 is 1.94 bits per heavy atom. The summed E-state index contributed by atoms with van der Waals surface area (Å²) in [5.74, 6) is 2.25. The van der Waals surface area contributed by atoms with Crippen LogP contribution in [0.5, 0.6) is 5.88 Å². The summed E-state index contributed by atoms with van der Waals surface area (Å²) in [4.78, 5) is 4.17. The highest BCUT2D eigenvalue weighted by Gasteiger charge is 2.31. The van der Waals surface area contributed by atoms with Crippen LogP contribution in [0, 0.1) is 17.8 Å². The van der Waals surface area contributed by atoms with Gasteiger partial charge in [-0.2, -0.15) is 0 Å². The van der Waals surface area contributed by atoms with E-state index >= 15 is 0 Å². The summed E-state index contributed by atoms with van der Waals surface area (Å²) in [5, 5.41) is 10.6. The third-order valence-corrected chi connectivity index (χ3v) is 3.97. The number of aromatic nitrogens is 1. The fourth-order valence-electron chi connectivity index (χ4n) is 3.32. The number of methoxy groups -OCH3 is 1. The summed E-state index contributed by atoms with van der Waals surface area (Å²) in [6.45, 7) is 4.55. The van der Waals surface area contributed by atoms with Crippen molar-refractivity contribution in [2.45, 2.75) is 39.2 Å². The molecule has 0 bridgehead atoms. The maximum absolute atomic E-state index is 10.6. The first kappa shape index (κ1) is 13.3. The number of rotatable bonds is 3. The fourth-order valence-corrected chi connectivity index (χ4v) is 3.32. The first-order chi connectivity index (χ1) is 8.61. The average Bonchev–Trinajstić information content (AvgIpc) is 2.36. The van der Waals surface area contributed by atoms with Gasteiger partial charge in [0.15, 0.2) is 0 Å². The van der Waals surface area contributed by atoms with Gasteiger partial charge in [-0.15, -0.1) is 0 Å². The maximum atomic E-state index is 10.6. The van der Waals surface area contributed by atoms with Gasteiger partial charge >= 0.3 is 0 Å². The van der Waals surface area contributed by atoms with Gasteiger partial charge in [-0.1, -0.05) is 13.8 Å². The molecule has 0 radical (unpaired) electrons. The third-order valence-electron chi connectivity index (χ3n) is 3.97. The molecule has 1 aliphatic rings. The van der Waals surface area contributed by atoms with Crippen LogP contribution in [-0.2, 0) is 0 Å². The van der Waals surface area contributed by atoms with Crippen LogP contribution in [0.3, 0.4) is 0 Å². The molecule has 1 heterocycles. The highest BCUT2D eigenvalue weighted by Crippen LogP contribution is 2.41. The van der Waals surface area contributed by atoms with E-state index in [4.69, 9.17) is 4.74 Å². The van der Waals surface area contributed by atoms with Crippen molar-refractivity contribution in [3.8, 4) is 5.88 Å². The summed E-state index contributed by atoms with van der Waals surface area (Å²) in [7, 11) is 1.60. The second-order valence-corrected chi connectivity index (χ2v) is 5.72. The highest BCUT2D eigenvalue weighted by atomic mass is 16.5. The second-order valence-electron chi connectivity index (χ2n) is 5.72. The van der Waals surface area contributed by atoms with Gasteiger partial charge in [-0.3, -0.25) is 0 Å². The SMILES string of the molecule is COc1ncccc1C(O)C1CC(C)CC(C)C1. The van der Waals surface area contributed by atoms with Gasteiger partial charge in [0.2, 0.25) is 5.88 Å². The van der Waals surface area contributed by atoms with Crippen LogP contribution < -0.4 is 4.74 Å². The molecule has 3 unspecified atom stereocenters. The molecule has 0 saturated heterocycles. The van der Waals surface area contributed by atoms with E-state index < -0.39 is 6.10 Å². The maximum Gasteiger partial charge on any atom is 0.218 e. The summed E-state index contributed by atoms with van der Waals surface area (Å²) < 4.78 is 5.24. The summed E-state index contributed by atoms with van der Waals surface area (Å²) >= 11 is 0. The van der Waals surface area contributed by atoms with E-state index in [0.29, 0.717) is 23.6 Å². The standard InChI is InChI=1S/C15H23NO2/c1-10-7-11(2)9-12(8-10)14(17)13-5-4-6-16-15(13)18-3/h4-6,10-12,14,17H,7-9H2,1-3H3. The molecule has 3 nitrogen and oxygen atoms in total. The number of aliphatic hydroxyl groups is 1. The van der Waals surface area contributed by atoms with Crippen LogP contribution in [-0.4, -0.2) is 17.2 Å². The lowest BCUT2D eigenvalue weighted by Gasteiger charge is -2.34. The van der Waals surface area contributed by atoms with Crippen LogP contribution in [0.15, 0.2) is 18.3 Å². The van der Waals surface area contributed by atoms with Crippen molar-refractivity contribution in [3.05, 3.63) is 23.9 Å². The predicted molar refractivity (Wildman–Crippen MR) is 71.4 cm³/mol. The van der Waals surface area contributed by atoms with E-state index in [1.165, 1.54) is 6.42 Å². The number of aliphatic hydroxyl groups excluding tert-OH is 1. The molecule has 3 atom stereocenters. The Labute approximate surface area is 109 Å². The lowest BCUT2D eigenvalue weighted by Crippen LogP contribution is -2.25. The Hall–Kier alpha value is -1.09. The number of nitrogens with zero attached hydrogens (tertiary/aromatic N) is 1. The van der Waals surface area contributed by atoms with Crippen LogP contribution in [0.25, 0.3) is 0 Å². The molecule has 1 fully saturated rings. The topological polar surface area (TPSA) is 42.4 Å². The van der Waals surface area contributed by atoms with E-state index in [1.54, 1.807) is 13.3 Å². The van der Waals surface area contributed by atoms with Crippen molar-refractivity contribution in [2.24, 2.45) is 17.8 Å². The Morgan fingerprint density at radius 3 is 2.56 bits per heavy atom. The predicted octanol–water partition coefficient (Wildman–Crippen LogP) is 3.20. The normalized spacial score (nSPS) is 29.9. The van der Waals surface area contributed by atoms with Crippen molar-refractivity contribution in [1.82, 2.24) is 4.98 Å². The van der Waals surface area contributed by atoms with Crippen molar-refractivity contribution < 1.29 is 9.84 Å². The number of hydrogen-bond donors (Lipinski definition) is 1. The minimum atomic E-state index is -0.459. The van der Waals surface area contributed by atoms with Gasteiger partial charge in [0.1, 0.15) is 0 Å². The van der Waals surface area contributed by atoms with Gasteiger partial charge < -0.3 is 9.84 Å². The highest BCUT2D eigenvalue weighted by molar-refractivity contribution is 5.28. The smallest absolute Gasteiger partial charge is 0.218 e. The molecule has 1 N–H and O–H groups in total. The Morgan fingerprint density at radius 1 is 1.28 bits per heavy atom. The summed E-state index contributed by atoms with van der Waals surface area (Å²) in [6.07, 6.45) is 4.68. The molecule has 100 valence electrons. The minimum Gasteiger partial charge on any atom is -0.481 e. The first-order valence-electron chi connectivity index (χ1n) is 6.78. The molecule has 1 aliphatic carbocycles. The van der Waals surface area contributed by atoms with Gasteiger partial charge in [-0.05, 0) is 49.1 Å². The Kier molecular flexibility index (Phi) is 4.23. The van der Waals surface area contributed by atoms with Crippen LogP contribution in [0.2, 0.25) is 0 Å². The molecule has 1 aromatic rings. The zero-order valence-electron chi connectivity index (χ0n) is 11.5. The monoisotopic (exact) mass is 249 g/mol. The van der Waals surface area contributed by atoms with Crippen LogP contribution >= 0.6 is 0 Å². The molecule has 0 amide bonds. The summed E-state index contributed by atoms with van der Waals surface area (Å²) in [5.41, 5.74) is 0.825.